The number of carbonyl (C=O) groups excluding carboxylic acids is 3. The zero-order valence-electron chi connectivity index (χ0n) is 31.2. The molecule has 3 aliphatic heterocycles. The number of fused-ring (bicyclic) bond motifs is 1. The minimum absolute atomic E-state index is 0.000975. The summed E-state index contributed by atoms with van der Waals surface area (Å²) in [4.78, 5) is 48.7. The van der Waals surface area contributed by atoms with Crippen LogP contribution >= 0.6 is 0 Å². The maximum Gasteiger partial charge on any atom is 0.284 e. The van der Waals surface area contributed by atoms with Gasteiger partial charge in [0.1, 0.15) is 11.4 Å². The molecule has 8 rings (SSSR count). The number of imide groups is 1. The van der Waals surface area contributed by atoms with Crippen LogP contribution in [-0.2, 0) is 14.3 Å². The van der Waals surface area contributed by atoms with Crippen molar-refractivity contribution in [2.45, 2.75) is 56.9 Å². The van der Waals surface area contributed by atoms with Gasteiger partial charge in [0, 0.05) is 70.2 Å². The fraction of sp³-hybridized carbons (Fsp3) is 0.500. The van der Waals surface area contributed by atoms with Crippen molar-refractivity contribution in [2.75, 3.05) is 75.8 Å². The summed E-state index contributed by atoms with van der Waals surface area (Å²) in [5.74, 6) is 6.45. The quantitative estimate of drug-likeness (QED) is 0.191. The maximum atomic E-state index is 14.2. The van der Waals surface area contributed by atoms with Crippen molar-refractivity contribution in [3.8, 4) is 11.8 Å². The lowest BCUT2D eigenvalue weighted by molar-refractivity contribution is -0.134. The Morgan fingerprint density at radius 2 is 1.71 bits per heavy atom. The number of halogens is 2. The number of ether oxygens (including phenoxy) is 1. The lowest BCUT2D eigenvalue weighted by Crippen LogP contribution is -2.48. The van der Waals surface area contributed by atoms with Gasteiger partial charge in [-0.2, -0.15) is 10.2 Å². The molecular formula is C40H46F2N10O4. The van der Waals surface area contributed by atoms with Gasteiger partial charge in [-0.3, -0.25) is 29.3 Å². The van der Waals surface area contributed by atoms with Crippen molar-refractivity contribution in [3.05, 3.63) is 71.3 Å². The van der Waals surface area contributed by atoms with Crippen LogP contribution in [0.25, 0.3) is 5.65 Å². The summed E-state index contributed by atoms with van der Waals surface area (Å²) >= 11 is 0. The summed E-state index contributed by atoms with van der Waals surface area (Å²) in [5.41, 5.74) is 1.90. The maximum absolute atomic E-state index is 14.2. The topological polar surface area (TPSA) is 142 Å². The molecule has 4 fully saturated rings. The van der Waals surface area contributed by atoms with Gasteiger partial charge in [0.2, 0.25) is 11.8 Å². The Balaban J connectivity index is 0.798. The molecule has 294 valence electrons. The first kappa shape index (κ1) is 37.7. The molecule has 16 heteroatoms. The second-order valence-electron chi connectivity index (χ2n) is 15.1. The van der Waals surface area contributed by atoms with Crippen LogP contribution in [0, 0.1) is 17.8 Å². The zero-order valence-corrected chi connectivity index (χ0v) is 31.2. The average Bonchev–Trinajstić information content (AvgIpc) is 3.84. The number of benzene rings is 1. The summed E-state index contributed by atoms with van der Waals surface area (Å²) in [6, 6.07) is 9.53. The highest BCUT2D eigenvalue weighted by molar-refractivity contribution is 6.08. The van der Waals surface area contributed by atoms with Crippen LogP contribution in [-0.4, -0.2) is 117 Å². The van der Waals surface area contributed by atoms with Crippen LogP contribution in [0.2, 0.25) is 0 Å². The SMILES string of the molecule is O=C1CCC(c2ccc(C#CCN3CCN(C[C@H]4CC[C@H](n5cc(NC(=O)c6cnn7ccc(N8CCOCC8)nc67)c(C(F)F)n5)CC4)CC3)cc2)C(=O)N1. The number of hydrogen-bond acceptors (Lipinski definition) is 10. The first-order valence-corrected chi connectivity index (χ1v) is 19.5. The predicted molar refractivity (Wildman–Crippen MR) is 203 cm³/mol. The third-order valence-electron chi connectivity index (χ3n) is 11.4. The van der Waals surface area contributed by atoms with Crippen molar-refractivity contribution < 1.29 is 27.9 Å². The van der Waals surface area contributed by atoms with E-state index >= 15 is 0 Å². The largest absolute Gasteiger partial charge is 0.378 e. The van der Waals surface area contributed by atoms with Gasteiger partial charge in [-0.15, -0.1) is 0 Å². The van der Waals surface area contributed by atoms with E-state index in [0.717, 1.165) is 69.5 Å². The van der Waals surface area contributed by atoms with Gasteiger partial charge in [0.05, 0.1) is 43.6 Å². The monoisotopic (exact) mass is 768 g/mol. The van der Waals surface area contributed by atoms with E-state index in [1.807, 2.05) is 30.3 Å². The highest BCUT2D eigenvalue weighted by Gasteiger charge is 2.30. The molecule has 14 nitrogen and oxygen atoms in total. The number of nitrogens with zero attached hydrogens (tertiary/aromatic N) is 8. The van der Waals surface area contributed by atoms with Gasteiger partial charge >= 0.3 is 0 Å². The molecule has 0 spiro atoms. The molecule has 1 atom stereocenters. The van der Waals surface area contributed by atoms with Crippen LogP contribution in [0.4, 0.5) is 20.3 Å². The molecule has 56 heavy (non-hydrogen) atoms. The molecule has 0 bridgehead atoms. The van der Waals surface area contributed by atoms with Crippen LogP contribution in [0.15, 0.2) is 48.9 Å². The van der Waals surface area contributed by atoms with Gasteiger partial charge in [-0.05, 0) is 61.8 Å². The second kappa shape index (κ2) is 16.9. The van der Waals surface area contributed by atoms with E-state index in [1.165, 1.54) is 10.7 Å². The minimum atomic E-state index is -2.85. The summed E-state index contributed by atoms with van der Waals surface area (Å²) < 4.78 is 36.9. The zero-order chi connectivity index (χ0) is 38.6. The number of piperidine rings is 1. The van der Waals surface area contributed by atoms with E-state index in [2.05, 4.69) is 52.4 Å². The number of hydrogen-bond donors (Lipinski definition) is 2. The predicted octanol–water partition coefficient (Wildman–Crippen LogP) is 3.87. The van der Waals surface area contributed by atoms with Crippen molar-refractivity contribution in [1.29, 1.82) is 0 Å². The molecule has 2 N–H and O–H groups in total. The molecule has 1 aliphatic carbocycles. The molecule has 4 aliphatic rings. The number of morpholine rings is 1. The summed E-state index contributed by atoms with van der Waals surface area (Å²) in [7, 11) is 0. The lowest BCUT2D eigenvalue weighted by Gasteiger charge is -2.37. The van der Waals surface area contributed by atoms with Gasteiger partial charge in [-0.1, -0.05) is 24.0 Å². The Morgan fingerprint density at radius 3 is 2.45 bits per heavy atom. The summed E-state index contributed by atoms with van der Waals surface area (Å²) in [6.45, 7) is 8.07. The Bertz CT molecular complexity index is 2100. The third-order valence-corrected chi connectivity index (χ3v) is 11.4. The van der Waals surface area contributed by atoms with Gasteiger partial charge in [0.15, 0.2) is 11.3 Å². The van der Waals surface area contributed by atoms with Crippen LogP contribution < -0.4 is 15.5 Å². The van der Waals surface area contributed by atoms with E-state index in [9.17, 15) is 23.2 Å². The second-order valence-corrected chi connectivity index (χ2v) is 15.1. The molecule has 4 aromatic rings. The molecule has 1 aromatic carbocycles. The average molecular weight is 769 g/mol. The van der Waals surface area contributed by atoms with E-state index in [4.69, 9.17) is 4.74 Å². The van der Waals surface area contributed by atoms with Gasteiger partial charge in [-0.25, -0.2) is 18.3 Å². The first-order chi connectivity index (χ1) is 27.3. The number of carbonyl (C=O) groups is 3. The highest BCUT2D eigenvalue weighted by atomic mass is 19.3. The molecular weight excluding hydrogens is 723 g/mol. The Hall–Kier alpha value is -5.24. The normalized spacial score (nSPS) is 22.6. The Labute approximate surface area is 323 Å². The van der Waals surface area contributed by atoms with Crippen molar-refractivity contribution in [3.63, 3.8) is 0 Å². The molecule has 3 amide bonds. The number of piperazine rings is 1. The number of alkyl halides is 2. The number of amides is 3. The third kappa shape index (κ3) is 8.59. The molecule has 0 radical (unpaired) electrons. The number of rotatable bonds is 9. The summed E-state index contributed by atoms with van der Waals surface area (Å²) in [5, 5.41) is 13.6. The molecule has 3 saturated heterocycles. The molecule has 1 unspecified atom stereocenters. The van der Waals surface area contributed by atoms with Crippen LogP contribution in [0.1, 0.15) is 84.1 Å². The van der Waals surface area contributed by atoms with E-state index in [1.54, 1.807) is 17.1 Å². The minimum Gasteiger partial charge on any atom is -0.378 e. The van der Waals surface area contributed by atoms with Crippen molar-refractivity contribution in [2.24, 2.45) is 5.92 Å². The fourth-order valence-corrected chi connectivity index (χ4v) is 8.18. The first-order valence-electron chi connectivity index (χ1n) is 19.5. The highest BCUT2D eigenvalue weighted by Crippen LogP contribution is 2.35. The Morgan fingerprint density at radius 1 is 0.964 bits per heavy atom. The van der Waals surface area contributed by atoms with Crippen molar-refractivity contribution >= 4 is 34.9 Å². The van der Waals surface area contributed by atoms with E-state index in [0.29, 0.717) is 63.1 Å². The van der Waals surface area contributed by atoms with E-state index < -0.39 is 18.0 Å². The van der Waals surface area contributed by atoms with Gasteiger partial charge in [0.25, 0.3) is 12.3 Å². The molecule has 1 saturated carbocycles. The standard InChI is InChI=1S/C40H46F2N10O4/c41-37(42)36-33(44-40(55)32-24-43-51-15-13-34(45-38(32)51)50-20-22-56-23-21-50)26-52(47-36)30-9-5-28(6-10-30)25-49-18-16-48(17-19-49)14-1-2-27-3-7-29(8-4-27)31-11-12-35(53)46-39(31)54/h3-4,7-8,13,15,24,26,28,30-31,37H,5-6,9-12,14,16-23,25H2,(H,44,55)(H,46,53,54)/t28-,30-,31?. The molecule has 6 heterocycles. The number of anilines is 2. The number of aromatic nitrogens is 5. The summed E-state index contributed by atoms with van der Waals surface area (Å²) in [6.07, 6.45) is 6.33. The van der Waals surface area contributed by atoms with Crippen LogP contribution in [0.3, 0.4) is 0 Å². The van der Waals surface area contributed by atoms with Crippen LogP contribution in [0.5, 0.6) is 0 Å². The number of nitrogens with one attached hydrogen (secondary N) is 2. The molecule has 3 aromatic heterocycles. The smallest absolute Gasteiger partial charge is 0.284 e. The Kier molecular flexibility index (Phi) is 11.3. The lowest BCUT2D eigenvalue weighted by atomic mass is 9.85. The van der Waals surface area contributed by atoms with E-state index in [-0.39, 0.29) is 35.0 Å². The fourth-order valence-electron chi connectivity index (χ4n) is 8.18. The van der Waals surface area contributed by atoms with Crippen molar-refractivity contribution in [1.82, 2.24) is 39.5 Å². The van der Waals surface area contributed by atoms with Gasteiger partial charge < -0.3 is 19.9 Å².